The number of methoxy groups -OCH3 is 1. The summed E-state index contributed by atoms with van der Waals surface area (Å²) in [5.41, 5.74) is 6.68. The van der Waals surface area contributed by atoms with Crippen LogP contribution in [0.1, 0.15) is 24.3 Å². The van der Waals surface area contributed by atoms with Gasteiger partial charge in [-0.15, -0.1) is 0 Å². The number of nitrogens with two attached hydrogens (primary N) is 1. The molecule has 0 saturated heterocycles. The summed E-state index contributed by atoms with van der Waals surface area (Å²) in [5, 5.41) is 3.03. The van der Waals surface area contributed by atoms with Crippen molar-refractivity contribution in [3.63, 3.8) is 0 Å². The number of carbonyl (C=O) groups excluding carboxylic acids is 1. The van der Waals surface area contributed by atoms with Crippen LogP contribution >= 0.6 is 0 Å². The van der Waals surface area contributed by atoms with Crippen molar-refractivity contribution in [3.05, 3.63) is 35.9 Å². The zero-order chi connectivity index (χ0) is 13.0. The number of nitrogens with one attached hydrogen (secondary N) is 1. The normalized spacial score (nSPS) is 24.1. The maximum absolute atomic E-state index is 12.1. The molecule has 18 heavy (non-hydrogen) atoms. The van der Waals surface area contributed by atoms with Crippen LogP contribution in [0.15, 0.2) is 30.3 Å². The van der Waals surface area contributed by atoms with E-state index in [0.717, 1.165) is 18.4 Å². The first-order chi connectivity index (χ1) is 8.74. The molecule has 98 valence electrons. The average Bonchev–Trinajstić information content (AvgIpc) is 2.35. The fraction of sp³-hybridized carbons (Fsp3) is 0.500. The Hall–Kier alpha value is -1.39. The highest BCUT2D eigenvalue weighted by Crippen LogP contribution is 2.24. The van der Waals surface area contributed by atoms with E-state index in [0.29, 0.717) is 12.6 Å². The second-order valence-electron chi connectivity index (χ2n) is 4.73. The zero-order valence-electron chi connectivity index (χ0n) is 10.6. The predicted molar refractivity (Wildman–Crippen MR) is 70.2 cm³/mol. The number of amides is 1. The zero-order valence-corrected chi connectivity index (χ0v) is 10.6. The van der Waals surface area contributed by atoms with Gasteiger partial charge in [-0.3, -0.25) is 4.79 Å². The van der Waals surface area contributed by atoms with Gasteiger partial charge in [0.05, 0.1) is 12.0 Å². The monoisotopic (exact) mass is 248 g/mol. The molecule has 1 amide bonds. The molecule has 1 aliphatic carbocycles. The largest absolute Gasteiger partial charge is 0.381 e. The number of hydrogen-bond acceptors (Lipinski definition) is 3. The summed E-state index contributed by atoms with van der Waals surface area (Å²) in [6, 6.07) is 9.90. The van der Waals surface area contributed by atoms with Gasteiger partial charge in [-0.2, -0.15) is 0 Å². The van der Waals surface area contributed by atoms with Gasteiger partial charge >= 0.3 is 0 Å². The van der Waals surface area contributed by atoms with Crippen molar-refractivity contribution in [2.24, 2.45) is 5.73 Å². The first-order valence-corrected chi connectivity index (χ1v) is 6.32. The van der Waals surface area contributed by atoms with Crippen molar-refractivity contribution in [3.8, 4) is 0 Å². The van der Waals surface area contributed by atoms with Crippen LogP contribution < -0.4 is 11.1 Å². The molecule has 1 aromatic carbocycles. The summed E-state index contributed by atoms with van der Waals surface area (Å²) in [4.78, 5) is 12.1. The van der Waals surface area contributed by atoms with E-state index in [4.69, 9.17) is 10.5 Å². The molecule has 2 rings (SSSR count). The minimum absolute atomic E-state index is 0.0169. The Bertz CT molecular complexity index is 388. The fourth-order valence-corrected chi connectivity index (χ4v) is 2.26. The lowest BCUT2D eigenvalue weighted by Crippen LogP contribution is -2.49. The van der Waals surface area contributed by atoms with Crippen LogP contribution in [-0.4, -0.2) is 31.7 Å². The minimum atomic E-state index is -0.257. The molecule has 1 aliphatic rings. The summed E-state index contributed by atoms with van der Waals surface area (Å²) in [5.74, 6) is -0.240. The summed E-state index contributed by atoms with van der Waals surface area (Å²) in [7, 11) is 1.70. The molecule has 1 saturated carbocycles. The first kappa shape index (κ1) is 13.1. The third kappa shape index (κ3) is 2.89. The molecule has 4 nitrogen and oxygen atoms in total. The third-order valence-electron chi connectivity index (χ3n) is 3.53. The minimum Gasteiger partial charge on any atom is -0.381 e. The molecule has 0 bridgehead atoms. The summed E-state index contributed by atoms with van der Waals surface area (Å²) in [6.07, 6.45) is 2.09. The van der Waals surface area contributed by atoms with Gasteiger partial charge in [-0.1, -0.05) is 30.3 Å². The lowest BCUT2D eigenvalue weighted by atomic mass is 9.88. The van der Waals surface area contributed by atoms with Crippen LogP contribution in [0.5, 0.6) is 0 Å². The van der Waals surface area contributed by atoms with Crippen molar-refractivity contribution in [1.29, 1.82) is 0 Å². The van der Waals surface area contributed by atoms with Crippen molar-refractivity contribution in [1.82, 2.24) is 5.32 Å². The van der Waals surface area contributed by atoms with E-state index in [1.165, 1.54) is 0 Å². The standard InChI is InChI=1S/C14H20N2O2/c1-18-12-7-11(8-12)16-14(17)13(9-15)10-5-3-2-4-6-10/h2-6,11-13H,7-9,15H2,1H3,(H,16,17). The van der Waals surface area contributed by atoms with Crippen molar-refractivity contribution in [2.75, 3.05) is 13.7 Å². The topological polar surface area (TPSA) is 64.3 Å². The van der Waals surface area contributed by atoms with E-state index in [1.54, 1.807) is 7.11 Å². The highest BCUT2D eigenvalue weighted by molar-refractivity contribution is 5.84. The van der Waals surface area contributed by atoms with Crippen LogP contribution in [0.3, 0.4) is 0 Å². The quantitative estimate of drug-likeness (QED) is 0.817. The Balaban J connectivity index is 1.91. The maximum atomic E-state index is 12.1. The van der Waals surface area contributed by atoms with Crippen molar-refractivity contribution < 1.29 is 9.53 Å². The second-order valence-corrected chi connectivity index (χ2v) is 4.73. The second kappa shape index (κ2) is 5.98. The third-order valence-corrected chi connectivity index (χ3v) is 3.53. The van der Waals surface area contributed by atoms with Gasteiger partial charge in [0.15, 0.2) is 0 Å². The van der Waals surface area contributed by atoms with Gasteiger partial charge in [0.1, 0.15) is 0 Å². The van der Waals surface area contributed by atoms with Crippen LogP contribution in [-0.2, 0) is 9.53 Å². The highest BCUT2D eigenvalue weighted by atomic mass is 16.5. The average molecular weight is 248 g/mol. The lowest BCUT2D eigenvalue weighted by Gasteiger charge is -2.35. The van der Waals surface area contributed by atoms with Crippen molar-refractivity contribution >= 4 is 5.91 Å². The molecule has 0 aliphatic heterocycles. The predicted octanol–water partition coefficient (Wildman–Crippen LogP) is 1.02. The molecule has 0 aromatic heterocycles. The summed E-state index contributed by atoms with van der Waals surface area (Å²) in [6.45, 7) is 0.330. The highest BCUT2D eigenvalue weighted by Gasteiger charge is 2.31. The molecule has 1 unspecified atom stereocenters. The number of carbonyl (C=O) groups is 1. The van der Waals surface area contributed by atoms with E-state index in [-0.39, 0.29) is 17.9 Å². The van der Waals surface area contributed by atoms with Gasteiger partial charge in [0.2, 0.25) is 5.91 Å². The van der Waals surface area contributed by atoms with E-state index >= 15 is 0 Å². The van der Waals surface area contributed by atoms with Gasteiger partial charge in [-0.25, -0.2) is 0 Å². The summed E-state index contributed by atoms with van der Waals surface area (Å²) >= 11 is 0. The van der Waals surface area contributed by atoms with Gasteiger partial charge in [-0.05, 0) is 18.4 Å². The van der Waals surface area contributed by atoms with Crippen LogP contribution in [0.25, 0.3) is 0 Å². The Kier molecular flexibility index (Phi) is 4.33. The lowest BCUT2D eigenvalue weighted by molar-refractivity contribution is -0.124. The molecular weight excluding hydrogens is 228 g/mol. The van der Waals surface area contributed by atoms with E-state index in [9.17, 15) is 4.79 Å². The Morgan fingerprint density at radius 1 is 1.44 bits per heavy atom. The molecular formula is C14H20N2O2. The molecule has 0 spiro atoms. The van der Waals surface area contributed by atoms with Gasteiger partial charge in [0, 0.05) is 19.7 Å². The maximum Gasteiger partial charge on any atom is 0.229 e. The Morgan fingerprint density at radius 3 is 2.67 bits per heavy atom. The molecule has 1 atom stereocenters. The summed E-state index contributed by atoms with van der Waals surface area (Å²) < 4.78 is 5.19. The number of ether oxygens (including phenoxy) is 1. The molecule has 0 heterocycles. The fourth-order valence-electron chi connectivity index (χ4n) is 2.26. The van der Waals surface area contributed by atoms with E-state index < -0.39 is 0 Å². The van der Waals surface area contributed by atoms with E-state index in [2.05, 4.69) is 5.32 Å². The SMILES string of the molecule is COC1CC(NC(=O)C(CN)c2ccccc2)C1. The number of benzene rings is 1. The van der Waals surface area contributed by atoms with Crippen LogP contribution in [0.4, 0.5) is 0 Å². The van der Waals surface area contributed by atoms with E-state index in [1.807, 2.05) is 30.3 Å². The Morgan fingerprint density at radius 2 is 2.11 bits per heavy atom. The molecule has 1 fully saturated rings. The Labute approximate surface area is 108 Å². The number of hydrogen-bond donors (Lipinski definition) is 2. The molecule has 0 radical (unpaired) electrons. The van der Waals surface area contributed by atoms with Gasteiger partial charge < -0.3 is 15.8 Å². The number of rotatable bonds is 5. The molecule has 3 N–H and O–H groups in total. The van der Waals surface area contributed by atoms with Crippen molar-refractivity contribution in [2.45, 2.75) is 30.9 Å². The van der Waals surface area contributed by atoms with Gasteiger partial charge in [0.25, 0.3) is 0 Å². The first-order valence-electron chi connectivity index (χ1n) is 6.32. The molecule has 4 heteroatoms. The van der Waals surface area contributed by atoms with Crippen LogP contribution in [0.2, 0.25) is 0 Å². The smallest absolute Gasteiger partial charge is 0.229 e. The molecule has 1 aromatic rings. The van der Waals surface area contributed by atoms with Crippen LogP contribution in [0, 0.1) is 0 Å².